The summed E-state index contributed by atoms with van der Waals surface area (Å²) in [7, 11) is 0. The molecule has 13 saturated carbocycles. The van der Waals surface area contributed by atoms with Crippen molar-refractivity contribution in [3.05, 3.63) is 0 Å². The normalized spacial score (nSPS) is 34.3. The molecule has 13 fully saturated rings. The minimum absolute atomic E-state index is 0. The van der Waals surface area contributed by atoms with Crippen molar-refractivity contribution in [2.24, 2.45) is 131 Å². The van der Waals surface area contributed by atoms with Crippen LogP contribution in [0.5, 0.6) is 0 Å². The summed E-state index contributed by atoms with van der Waals surface area (Å²) in [6.45, 7) is 77.0. The number of carbonyl (C=O) groups is 7. The summed E-state index contributed by atoms with van der Waals surface area (Å²) >= 11 is 0. The molecule has 22 atom stereocenters. The van der Waals surface area contributed by atoms with Gasteiger partial charge in [0, 0.05) is 32.5 Å². The maximum atomic E-state index is 12.5. The van der Waals surface area contributed by atoms with Crippen LogP contribution in [0.1, 0.15) is 578 Å². The second-order valence-electron chi connectivity index (χ2n) is 49.1. The summed E-state index contributed by atoms with van der Waals surface area (Å²) in [4.78, 5) is 85.3. The van der Waals surface area contributed by atoms with E-state index in [0.717, 1.165) is 108 Å². The molecule has 0 aromatic rings. The molecule has 0 amide bonds. The van der Waals surface area contributed by atoms with Crippen LogP contribution >= 0.6 is 0 Å². The van der Waals surface area contributed by atoms with Gasteiger partial charge in [0.2, 0.25) is 0 Å². The molecule has 14 heteroatoms. The highest BCUT2D eigenvalue weighted by Crippen LogP contribution is 2.74. The summed E-state index contributed by atoms with van der Waals surface area (Å²) < 4.78 is 41.9. The van der Waals surface area contributed by atoms with Crippen LogP contribution in [-0.2, 0) is 66.7 Å². The number of hydrogen-bond donors (Lipinski definition) is 0. The number of ether oxygens (including phenoxy) is 7. The number of rotatable bonds is 23. The standard InChI is InChI=1S/2C17H30O2.2C16H28O2.C15H26O2.C14H24O2.C13H24O2.14CH4/c1-8-14(2,3)13(18)19-17(7)11-12-9-10-16(17,6)15(12,4)5;1-8-14(2,3)13(18)19-17(7)15(4,5)12-9-10-16(17,6)11-12;1-7-11(2)13(17)18-16(6)10-12-8-9-15(16,5)14(12,3)4;1-7-11(2)13(17)18-16(6)14(3,4)12-8-9-15(16,5)10-12;1-5-14(3,4)13(16)17-15(6-2)10-11-7-8-12(15)9-11;1-4-10(3)13(15)16-14(5-2)9-11-6-7-12(14)8-11;1-4-11(2)12(14)15-13(3)9-7-5-6-8-10-13;;;;;;;;;;;;;;/h2*12H,8-11H2,1-7H3;2*11-12H,7-10H2,1-6H3;11-12H,5-10H2,1-4H3;10-12H,4-9H2,1-3H3;11H,4-10H2,1-3H3;14*1H4. The van der Waals surface area contributed by atoms with E-state index in [4.69, 9.17) is 33.2 Å². The fraction of sp³-hybridized carbons (Fsp3) is 0.943. The third-order valence-electron chi connectivity index (χ3n) is 40.5. The van der Waals surface area contributed by atoms with Crippen molar-refractivity contribution < 1.29 is 66.7 Å². The van der Waals surface area contributed by atoms with Crippen molar-refractivity contribution in [2.45, 2.75) is 617 Å². The molecule has 0 N–H and O–H groups in total. The molecule has 0 saturated heterocycles. The Labute approximate surface area is 851 Å². The Morgan fingerprint density at radius 3 is 0.816 bits per heavy atom. The first kappa shape index (κ1) is 148. The summed E-state index contributed by atoms with van der Waals surface area (Å²) in [5.41, 5.74) is -1.33. The molecule has 818 valence electrons. The zero-order chi connectivity index (χ0) is 92.7. The van der Waals surface area contributed by atoms with Gasteiger partial charge in [0.1, 0.15) is 39.2 Å². The fourth-order valence-electron chi connectivity index (χ4n) is 25.9. The lowest BCUT2D eigenvalue weighted by Gasteiger charge is -2.51. The van der Waals surface area contributed by atoms with E-state index in [9.17, 15) is 33.6 Å². The monoisotopic (exact) mass is 1940 g/mol. The highest BCUT2D eigenvalue weighted by molar-refractivity contribution is 5.78. The average Bonchev–Trinajstić information content (AvgIpc) is 1.55. The maximum Gasteiger partial charge on any atom is 0.312 e. The van der Waals surface area contributed by atoms with Crippen molar-refractivity contribution in [2.75, 3.05) is 0 Å². The van der Waals surface area contributed by atoms with Crippen LogP contribution in [0.25, 0.3) is 0 Å². The van der Waals surface area contributed by atoms with Crippen LogP contribution in [0, 0.1) is 131 Å². The maximum absolute atomic E-state index is 12.5. The lowest BCUT2D eigenvalue weighted by atomic mass is 9.61. The topological polar surface area (TPSA) is 184 Å². The Morgan fingerprint density at radius 2 is 0.551 bits per heavy atom. The summed E-state index contributed by atoms with van der Waals surface area (Å²) in [6, 6.07) is 0. The molecular formula is C122H246O14. The van der Waals surface area contributed by atoms with Gasteiger partial charge in [0.05, 0.1) is 39.9 Å². The zero-order valence-corrected chi connectivity index (χ0v) is 85.9. The molecule has 12 bridgehead atoms. The summed E-state index contributed by atoms with van der Waals surface area (Å²) in [6.07, 6.45) is 39.4. The van der Waals surface area contributed by atoms with Crippen LogP contribution in [0.4, 0.5) is 0 Å². The third kappa shape index (κ3) is 27.9. The second-order valence-corrected chi connectivity index (χ2v) is 49.1. The van der Waals surface area contributed by atoms with Crippen LogP contribution in [-0.4, -0.2) is 81.0 Å². The first-order chi connectivity index (χ1) is 56.0. The molecule has 13 rings (SSSR count). The smallest absolute Gasteiger partial charge is 0.312 e. The minimum atomic E-state index is -0.378. The van der Waals surface area contributed by atoms with Crippen molar-refractivity contribution in [1.29, 1.82) is 0 Å². The molecule has 0 spiro atoms. The van der Waals surface area contributed by atoms with Gasteiger partial charge in [-0.25, -0.2) is 0 Å². The zero-order valence-electron chi connectivity index (χ0n) is 85.9. The van der Waals surface area contributed by atoms with Gasteiger partial charge in [-0.1, -0.05) is 290 Å². The molecular weight excluding hydrogens is 1690 g/mol. The van der Waals surface area contributed by atoms with E-state index in [1.807, 2.05) is 96.9 Å². The van der Waals surface area contributed by atoms with E-state index in [-0.39, 0.29) is 268 Å². The Kier molecular flexibility index (Phi) is 58.5. The fourth-order valence-corrected chi connectivity index (χ4v) is 25.9. The lowest BCUT2D eigenvalue weighted by molar-refractivity contribution is -0.202. The molecule has 136 heavy (non-hydrogen) atoms. The SMILES string of the molecule is C.C.C.C.C.C.C.C.C.C.C.C.C.C.CCC(C)(C)C(=O)OC1(C)C2(C)CCC(C2)C1(C)C.CCC(C)(C)C(=O)OC1(C)CC2CCC1(C)C2(C)C.CCC(C)(C)C(=O)OC1(CC)CC2CCC1C2.CCC(C)C(=O)OC1(C)C2(C)CCC(C2)C1(C)C.CCC(C)C(=O)OC1(C)CC2CCC1(C)C2(C)C.CCC(C)C(=O)OC1(C)CCCCCC1.CCC(C)C(=O)OC1(CC)CC2CCC1C2. The predicted molar refractivity (Wildman–Crippen MR) is 590 cm³/mol. The molecule has 0 aliphatic heterocycles. The Balaban J connectivity index is -0.000000231. The first-order valence-corrected chi connectivity index (χ1v) is 50.6. The van der Waals surface area contributed by atoms with Gasteiger partial charge in [0.15, 0.2) is 0 Å². The van der Waals surface area contributed by atoms with E-state index >= 15 is 0 Å². The van der Waals surface area contributed by atoms with Gasteiger partial charge in [-0.15, -0.1) is 0 Å². The van der Waals surface area contributed by atoms with Crippen molar-refractivity contribution in [3.63, 3.8) is 0 Å². The van der Waals surface area contributed by atoms with Gasteiger partial charge >= 0.3 is 41.8 Å². The van der Waals surface area contributed by atoms with Gasteiger partial charge < -0.3 is 33.2 Å². The second kappa shape index (κ2) is 53.9. The number of esters is 7. The minimum Gasteiger partial charge on any atom is -0.459 e. The molecule has 0 heterocycles. The summed E-state index contributed by atoms with van der Waals surface area (Å²) in [5, 5.41) is 0. The quantitative estimate of drug-likeness (QED) is 0.0535. The predicted octanol–water partition coefficient (Wildman–Crippen LogP) is 37.6. The Hall–Kier alpha value is -3.71. The number of carbonyl (C=O) groups excluding carboxylic acids is 7. The molecule has 0 aromatic heterocycles. The molecule has 22 unspecified atom stereocenters. The van der Waals surface area contributed by atoms with Gasteiger partial charge in [-0.05, 0) is 346 Å². The van der Waals surface area contributed by atoms with Crippen LogP contribution in [0.2, 0.25) is 0 Å². The van der Waals surface area contributed by atoms with E-state index in [2.05, 4.69) is 152 Å². The van der Waals surface area contributed by atoms with Crippen molar-refractivity contribution in [1.82, 2.24) is 0 Å². The van der Waals surface area contributed by atoms with Crippen LogP contribution in [0.15, 0.2) is 0 Å². The first-order valence-electron chi connectivity index (χ1n) is 50.6. The summed E-state index contributed by atoms with van der Waals surface area (Å²) in [5.74, 6) is 5.81. The average molecular weight is 1940 g/mol. The van der Waals surface area contributed by atoms with E-state index in [0.29, 0.717) is 35.5 Å². The number of hydrogen-bond acceptors (Lipinski definition) is 14. The third-order valence-corrected chi connectivity index (χ3v) is 40.5. The highest BCUT2D eigenvalue weighted by Gasteiger charge is 2.73. The van der Waals surface area contributed by atoms with Gasteiger partial charge in [-0.2, -0.15) is 0 Å². The van der Waals surface area contributed by atoms with E-state index < -0.39 is 0 Å². The molecule has 13 aliphatic carbocycles. The van der Waals surface area contributed by atoms with Gasteiger partial charge in [0.25, 0.3) is 0 Å². The highest BCUT2D eigenvalue weighted by atomic mass is 16.6. The molecule has 0 radical (unpaired) electrons. The van der Waals surface area contributed by atoms with Crippen molar-refractivity contribution in [3.8, 4) is 0 Å². The largest absolute Gasteiger partial charge is 0.459 e. The van der Waals surface area contributed by atoms with Crippen LogP contribution < -0.4 is 0 Å². The van der Waals surface area contributed by atoms with Crippen molar-refractivity contribution >= 4 is 41.8 Å². The Bertz CT molecular complexity index is 3560. The van der Waals surface area contributed by atoms with E-state index in [1.165, 1.54) is 128 Å². The number of fused-ring (bicyclic) bond motifs is 12. The van der Waals surface area contributed by atoms with Gasteiger partial charge in [-0.3, -0.25) is 33.6 Å². The van der Waals surface area contributed by atoms with Crippen LogP contribution in [0.3, 0.4) is 0 Å². The molecule has 13 aliphatic rings. The molecule has 14 nitrogen and oxygen atoms in total. The lowest BCUT2D eigenvalue weighted by Crippen LogP contribution is -2.55. The Morgan fingerprint density at radius 1 is 0.279 bits per heavy atom. The van der Waals surface area contributed by atoms with E-state index in [1.54, 1.807) is 0 Å². The molecule has 0 aromatic carbocycles.